The summed E-state index contributed by atoms with van der Waals surface area (Å²) in [7, 11) is 3.91. The van der Waals surface area contributed by atoms with Crippen LogP contribution >= 0.6 is 23.1 Å². The molecule has 9 rings (SSSR count). The average molecular weight is 1910 g/mol. The molecule has 15 atom stereocenters. The van der Waals surface area contributed by atoms with Gasteiger partial charge < -0.3 is 126 Å². The number of aromatic amines is 2. The Kier molecular flexibility index (Phi) is 39.2. The first-order chi connectivity index (χ1) is 64.3. The number of carbonyl (C=O) groups excluding carboxylic acids is 17. The van der Waals surface area contributed by atoms with Crippen molar-refractivity contribution < 1.29 is 91.7 Å². The first-order valence-corrected chi connectivity index (χ1v) is 47.1. The van der Waals surface area contributed by atoms with E-state index in [2.05, 4.69) is 73.4 Å². The number of H-pyrrole nitrogens is 2. The van der Waals surface area contributed by atoms with E-state index in [-0.39, 0.29) is 115 Å². The summed E-state index contributed by atoms with van der Waals surface area (Å²) in [6.07, 6.45) is 3.32. The summed E-state index contributed by atoms with van der Waals surface area (Å²) in [6, 6.07) is -2.46. The number of phenolic OH excluding ortho intramolecular Hbond substituents is 1. The fraction of sp³-hybridized carbons (Fsp3) is 0.522. The number of imidazole rings is 1. The summed E-state index contributed by atoms with van der Waals surface area (Å²) in [4.78, 5) is 266. The van der Waals surface area contributed by atoms with Crippen LogP contribution in [-0.4, -0.2) is 312 Å². The number of aromatic hydroxyl groups is 1. The number of aliphatic hydroxyl groups is 1. The molecule has 0 spiro atoms. The highest BCUT2D eigenvalue weighted by Gasteiger charge is 2.47. The van der Waals surface area contributed by atoms with Gasteiger partial charge in [0.15, 0.2) is 5.96 Å². The van der Waals surface area contributed by atoms with Crippen molar-refractivity contribution >= 4 is 150 Å². The first kappa shape index (κ1) is 105. The zero-order valence-electron chi connectivity index (χ0n) is 76.9. The molecule has 6 aromatic rings. The molecule has 0 unspecified atom stereocenters. The Balaban J connectivity index is 1.10. The van der Waals surface area contributed by atoms with E-state index in [1.807, 2.05) is 25.1 Å². The minimum Gasteiger partial charge on any atom is -0.508 e. The van der Waals surface area contributed by atoms with Crippen LogP contribution in [0.15, 0.2) is 96.9 Å². The lowest BCUT2D eigenvalue weighted by atomic mass is 10.00. The molecular formula is C90H126N24O19S2. The number of fused-ring (bicyclic) bond motifs is 4. The van der Waals surface area contributed by atoms with Gasteiger partial charge in [0.2, 0.25) is 100 Å². The highest BCUT2D eigenvalue weighted by atomic mass is 32.2. The number of hydrogen-bond acceptors (Lipinski definition) is 24. The van der Waals surface area contributed by atoms with Crippen molar-refractivity contribution in [3.8, 4) is 5.75 Å². The molecule has 3 fully saturated rings. The minimum absolute atomic E-state index is 0.000362. The van der Waals surface area contributed by atoms with Crippen LogP contribution in [0.25, 0.3) is 21.0 Å². The number of aliphatic hydroxyl groups excluding tert-OH is 1. The largest absolute Gasteiger partial charge is 0.508 e. The summed E-state index contributed by atoms with van der Waals surface area (Å²) in [6.45, 7) is 6.23. The predicted octanol–water partition coefficient (Wildman–Crippen LogP) is -2.62. The van der Waals surface area contributed by atoms with Gasteiger partial charge in [-0.05, 0) is 116 Å². The number of para-hydroxylation sites is 1. The third-order valence-corrected chi connectivity index (χ3v) is 26.0. The number of rotatable bonds is 25. The summed E-state index contributed by atoms with van der Waals surface area (Å²) in [5.41, 5.74) is 25.9. The van der Waals surface area contributed by atoms with Crippen LogP contribution in [0.4, 0.5) is 0 Å². The van der Waals surface area contributed by atoms with Crippen molar-refractivity contribution in [3.63, 3.8) is 0 Å². The number of nitrogens with two attached hydrogens (primary N) is 4. The van der Waals surface area contributed by atoms with Gasteiger partial charge in [-0.1, -0.05) is 95.5 Å². The summed E-state index contributed by atoms with van der Waals surface area (Å²) >= 11 is 2.12. The molecule has 24 N–H and O–H groups in total. The van der Waals surface area contributed by atoms with Gasteiger partial charge in [-0.25, -0.2) is 4.98 Å². The second kappa shape index (κ2) is 50.2. The van der Waals surface area contributed by atoms with E-state index in [1.54, 1.807) is 62.7 Å². The molecule has 3 aromatic carbocycles. The zero-order chi connectivity index (χ0) is 98.6. The molecule has 732 valence electrons. The molecule has 3 aliphatic heterocycles. The fourth-order valence-electron chi connectivity index (χ4n) is 16.6. The Hall–Kier alpha value is -13.3. The number of likely N-dealkylation sites (N-methyl/N-ethyl adjacent to an activating group) is 3. The number of benzene rings is 3. The summed E-state index contributed by atoms with van der Waals surface area (Å²) < 4.78 is 0.817. The van der Waals surface area contributed by atoms with Gasteiger partial charge in [-0.3, -0.25) is 86.9 Å². The maximum atomic E-state index is 15.7. The molecule has 17 amide bonds. The monoisotopic (exact) mass is 1910 g/mol. The molecule has 3 aromatic heterocycles. The Labute approximate surface area is 788 Å². The maximum Gasteiger partial charge on any atom is 0.246 e. The minimum atomic E-state index is -1.86. The molecular weight excluding hydrogens is 1790 g/mol. The number of unbranched alkanes of at least 4 members (excludes halogenated alkanes) is 1. The maximum absolute atomic E-state index is 15.7. The van der Waals surface area contributed by atoms with Gasteiger partial charge in [-0.15, -0.1) is 23.1 Å². The molecule has 0 radical (unpaired) electrons. The lowest BCUT2D eigenvalue weighted by Crippen LogP contribution is -2.62. The number of aromatic nitrogens is 3. The lowest BCUT2D eigenvalue weighted by Gasteiger charge is -2.36. The molecule has 0 saturated carbocycles. The third kappa shape index (κ3) is 29.4. The van der Waals surface area contributed by atoms with E-state index in [0.29, 0.717) is 51.5 Å². The highest BCUT2D eigenvalue weighted by molar-refractivity contribution is 8.00. The van der Waals surface area contributed by atoms with Gasteiger partial charge in [0, 0.05) is 112 Å². The van der Waals surface area contributed by atoms with Crippen molar-refractivity contribution in [2.24, 2.45) is 28.9 Å². The standard InChI is InChI=1S/C90H126N24O19S2/c1-9-11-23-70-89(133)111(7)68(18-10-2)82(126)102-59(22-16-30-97-90(94)95)78(122)109-67(77(121)99-41-74(93)118)45-134-46-75(119)101-63(33-50-26-28-55(116)29-27-50)85(129)110(6)49(5)76(120)105-65(38-73(92)117)87(131)113-31-17-24-69(113)83(127)104-61(37-54-40-96-47-100-54)80(124)106-62(32-48(3)4)88(132)114-42-53(91)36-71(114)84(128)103-60(34-51-39-98-58-21-14-12-19-56(51)58)79(123)108-66(43-115)81(125)107-64(86(130)112(70)8)35-52-44-135-72-25-15-13-20-57(52)72/h12-15,19-21,25-29,39-40,44,47-49,53,59-71,98,115-116H,9-11,16-18,22-24,30-38,41-43,45-46,91H2,1-8H3,(H2,92,117)(H2,93,118)(H,96,100)(H,99,121)(H,101,119)(H,102,126)(H,103,128)(H,104,127)(H,105,120)(H,106,124)(H,107,125)(H,108,123)(H,109,122)(H4,94,95,97)/t49-,53-,59-,60-,61-,62-,63-,64-,65-,66-,67-,68-,69-,70-,71-/m0/s1. The molecule has 0 bridgehead atoms. The quantitative estimate of drug-likeness (QED) is 0.0158. The van der Waals surface area contributed by atoms with Crippen LogP contribution in [0.1, 0.15) is 134 Å². The topological polar surface area (TPSA) is 652 Å². The number of hydrogen-bond donors (Lipinski definition) is 20. The van der Waals surface area contributed by atoms with Crippen LogP contribution in [0.3, 0.4) is 0 Å². The fourth-order valence-corrected chi connectivity index (χ4v) is 18.4. The van der Waals surface area contributed by atoms with Crippen molar-refractivity contribution in [1.29, 1.82) is 5.41 Å². The molecule has 3 saturated heterocycles. The molecule has 135 heavy (non-hydrogen) atoms. The number of nitrogens with one attached hydrogen (secondary N) is 14. The van der Waals surface area contributed by atoms with E-state index in [0.717, 1.165) is 36.1 Å². The van der Waals surface area contributed by atoms with Crippen molar-refractivity contribution in [1.82, 2.24) is 97.9 Å². The van der Waals surface area contributed by atoms with Crippen LogP contribution in [0, 0.1) is 11.3 Å². The molecule has 0 aliphatic carbocycles. The number of phenols is 1. The summed E-state index contributed by atoms with van der Waals surface area (Å²) in [5.74, 6) is -17.7. The lowest BCUT2D eigenvalue weighted by molar-refractivity contribution is -0.149. The number of thioether (sulfide) groups is 1. The van der Waals surface area contributed by atoms with Gasteiger partial charge in [-0.2, -0.15) is 0 Å². The Morgan fingerprint density at radius 2 is 1.18 bits per heavy atom. The van der Waals surface area contributed by atoms with Crippen LogP contribution in [0.2, 0.25) is 0 Å². The van der Waals surface area contributed by atoms with E-state index < -0.39 is 228 Å². The summed E-state index contributed by atoms with van der Waals surface area (Å²) in [5, 5.41) is 61.7. The van der Waals surface area contributed by atoms with Gasteiger partial charge in [0.25, 0.3) is 0 Å². The van der Waals surface area contributed by atoms with E-state index in [9.17, 15) is 53.4 Å². The van der Waals surface area contributed by atoms with Crippen LogP contribution < -0.4 is 81.4 Å². The number of thiophene rings is 1. The van der Waals surface area contributed by atoms with Crippen molar-refractivity contribution in [2.75, 3.05) is 65.4 Å². The normalized spacial score (nSPS) is 24.8. The Bertz CT molecular complexity index is 5230. The SMILES string of the molecule is CCCC[C@H]1C(=O)N(C)[C@@H](CCC)C(=O)N[C@@H](CCCNC(=N)N)C(=O)N[C@H](C(=O)NCC(N)=O)CSCC(=O)N[C@@H](Cc2ccc(O)cc2)C(=O)N(C)[C@@H](C)C(=O)N[C@@H](CC(N)=O)C(=O)N2CCC[C@H]2C(=O)N[C@@H](Cc2cnc[nH]2)C(=O)N[C@@H](CC(C)C)C(=O)N2C[C@@H](N)C[C@H]2C(=O)N[C@@H](Cc2c[nH]c3ccccc23)C(=O)N[C@@H](CO)C(=O)N[C@@H](Cc2csc3ccccc23)C(=O)N1C. The number of carbonyl (C=O) groups is 17. The van der Waals surface area contributed by atoms with E-state index in [4.69, 9.17) is 28.3 Å². The van der Waals surface area contributed by atoms with E-state index >= 15 is 38.4 Å². The van der Waals surface area contributed by atoms with Crippen LogP contribution in [-0.2, 0) is 107 Å². The average Bonchev–Trinajstić information content (AvgIpc) is 1.61. The van der Waals surface area contributed by atoms with Gasteiger partial charge in [0.1, 0.15) is 90.3 Å². The third-order valence-electron chi connectivity index (χ3n) is 24.0. The highest BCUT2D eigenvalue weighted by Crippen LogP contribution is 2.30. The molecule has 45 heteroatoms. The second-order valence-corrected chi connectivity index (χ2v) is 36.6. The molecule has 3 aliphatic rings. The van der Waals surface area contributed by atoms with Crippen molar-refractivity contribution in [3.05, 3.63) is 119 Å². The van der Waals surface area contributed by atoms with Gasteiger partial charge in [0.05, 0.1) is 31.7 Å². The van der Waals surface area contributed by atoms with Crippen molar-refractivity contribution in [2.45, 2.75) is 228 Å². The number of guanidine groups is 1. The molecule has 43 nitrogen and oxygen atoms in total. The number of primary amides is 2. The van der Waals surface area contributed by atoms with E-state index in [1.165, 1.54) is 81.1 Å². The predicted molar refractivity (Wildman–Crippen MR) is 501 cm³/mol. The Morgan fingerprint density at radius 3 is 1.84 bits per heavy atom. The number of nitrogens with zero attached hydrogens (tertiary/aromatic N) is 6. The van der Waals surface area contributed by atoms with Gasteiger partial charge >= 0.3 is 0 Å². The molecule has 6 heterocycles. The first-order valence-electron chi connectivity index (χ1n) is 45.0. The van der Waals surface area contributed by atoms with Crippen LogP contribution in [0.5, 0.6) is 5.75 Å². The smallest absolute Gasteiger partial charge is 0.246 e. The number of amides is 17. The zero-order valence-corrected chi connectivity index (χ0v) is 78.5. The second-order valence-electron chi connectivity index (χ2n) is 34.6. The Morgan fingerprint density at radius 1 is 0.578 bits per heavy atom.